The van der Waals surface area contributed by atoms with Crippen molar-refractivity contribution in [1.29, 1.82) is 0 Å². The number of rotatable bonds is 2. The van der Waals surface area contributed by atoms with Crippen molar-refractivity contribution >= 4 is 12.0 Å². The van der Waals surface area contributed by atoms with E-state index < -0.39 is 5.97 Å². The van der Waals surface area contributed by atoms with Crippen LogP contribution in [0.5, 0.6) is 5.75 Å². The number of benzene rings is 1. The molecule has 0 atom stereocenters. The molecule has 4 fully saturated rings. The van der Waals surface area contributed by atoms with E-state index in [4.69, 9.17) is 10.2 Å². The quantitative estimate of drug-likeness (QED) is 0.648. The van der Waals surface area contributed by atoms with Crippen LogP contribution < -0.4 is 0 Å². The predicted octanol–water partition coefficient (Wildman–Crippen LogP) is 5.91. The fraction of sp³-hybridized carbons (Fsp3) is 0.522. The molecule has 4 aliphatic rings. The number of carboxylic acids is 1. The third-order valence-corrected chi connectivity index (χ3v) is 5.84. The van der Waals surface area contributed by atoms with Crippen molar-refractivity contribution in [2.45, 2.75) is 52.4 Å². The first-order valence-corrected chi connectivity index (χ1v) is 9.51. The summed E-state index contributed by atoms with van der Waals surface area (Å²) in [5, 5.41) is 16.7. The van der Waals surface area contributed by atoms with Gasteiger partial charge in [-0.1, -0.05) is 38.3 Å². The normalized spacial score (nSPS) is 30.3. The van der Waals surface area contributed by atoms with E-state index in [1.54, 1.807) is 56.7 Å². The van der Waals surface area contributed by atoms with Crippen LogP contribution in [0.4, 0.5) is 0 Å². The summed E-state index contributed by atoms with van der Waals surface area (Å²) in [6.45, 7) is 10.7. The highest BCUT2D eigenvalue weighted by atomic mass is 16.4. The van der Waals surface area contributed by atoms with E-state index in [0.29, 0.717) is 5.75 Å². The average molecular weight is 357 g/mol. The maximum Gasteiger partial charge on any atom is 0.330 e. The Morgan fingerprint density at radius 3 is 1.73 bits per heavy atom. The van der Waals surface area contributed by atoms with Crippen LogP contribution in [-0.4, -0.2) is 16.2 Å². The average Bonchev–Trinajstić information content (AvgIpc) is 2.54. The van der Waals surface area contributed by atoms with Crippen LogP contribution in [0.15, 0.2) is 43.0 Å². The van der Waals surface area contributed by atoms with Gasteiger partial charge in [-0.25, -0.2) is 4.79 Å². The van der Waals surface area contributed by atoms with Crippen molar-refractivity contribution in [1.82, 2.24) is 0 Å². The molecule has 4 aliphatic carbocycles. The molecule has 0 aromatic heterocycles. The molecule has 5 rings (SSSR count). The number of aromatic hydroxyl groups is 1. The third kappa shape index (κ3) is 5.76. The van der Waals surface area contributed by atoms with Gasteiger partial charge in [-0.2, -0.15) is 0 Å². The first-order chi connectivity index (χ1) is 12.2. The van der Waals surface area contributed by atoms with E-state index in [1.807, 2.05) is 12.1 Å². The van der Waals surface area contributed by atoms with Crippen LogP contribution >= 0.6 is 0 Å². The number of hydrogen-bond donors (Lipinski definition) is 2. The number of carbonyl (C=O) groups is 1. The van der Waals surface area contributed by atoms with Crippen LogP contribution in [0, 0.1) is 23.2 Å². The maximum atomic E-state index is 9.60. The lowest BCUT2D eigenvalue weighted by molar-refractivity contribution is -0.132. The van der Waals surface area contributed by atoms with Crippen molar-refractivity contribution in [2.75, 3.05) is 0 Å². The first kappa shape index (κ1) is 20.3. The molecule has 0 heterocycles. The van der Waals surface area contributed by atoms with Crippen LogP contribution in [-0.2, 0) is 4.79 Å². The zero-order valence-corrected chi connectivity index (χ0v) is 16.1. The molecule has 4 saturated carbocycles. The second-order valence-corrected chi connectivity index (χ2v) is 8.61. The van der Waals surface area contributed by atoms with Crippen molar-refractivity contribution < 1.29 is 15.0 Å². The summed E-state index contributed by atoms with van der Waals surface area (Å²) in [6, 6.07) is 6.89. The standard InChI is InChI=1S/C11H18.C8H8O.C4H6O2/c1-11-5-8-2-9(6-11)4-10(3-8)7-11;1-2-7-3-5-8(9)6-4-7;1-3(2)4(5)6/h8-10H,2-7H2,1H3;2-6,9H,1H2;1H2,2H3,(H,5,6). The SMILES string of the molecule is C=C(C)C(=O)O.C=Cc1ccc(O)cc1.CC12CC3CC(CC(C3)C1)C2. The fourth-order valence-corrected chi connectivity index (χ4v) is 5.15. The Kier molecular flexibility index (Phi) is 6.69. The summed E-state index contributed by atoms with van der Waals surface area (Å²) in [5.41, 5.74) is 2.00. The second-order valence-electron chi connectivity index (χ2n) is 8.61. The Bertz CT molecular complexity index is 595. The number of hydrogen-bond acceptors (Lipinski definition) is 2. The van der Waals surface area contributed by atoms with Crippen LogP contribution in [0.2, 0.25) is 0 Å². The van der Waals surface area contributed by atoms with Gasteiger partial charge in [0.15, 0.2) is 0 Å². The van der Waals surface area contributed by atoms with E-state index >= 15 is 0 Å². The number of aliphatic carboxylic acids is 1. The highest BCUT2D eigenvalue weighted by molar-refractivity contribution is 5.84. The number of phenols is 1. The Morgan fingerprint density at radius 1 is 1.08 bits per heavy atom. The molecule has 0 saturated heterocycles. The molecule has 0 amide bonds. The van der Waals surface area contributed by atoms with Crippen LogP contribution in [0.25, 0.3) is 6.08 Å². The van der Waals surface area contributed by atoms with Crippen LogP contribution in [0.1, 0.15) is 57.9 Å². The molecule has 0 unspecified atom stereocenters. The molecule has 1 aromatic carbocycles. The lowest BCUT2D eigenvalue weighted by Gasteiger charge is -2.55. The lowest BCUT2D eigenvalue weighted by Crippen LogP contribution is -2.44. The largest absolute Gasteiger partial charge is 0.508 e. The molecule has 1 aromatic rings. The smallest absolute Gasteiger partial charge is 0.330 e. The fourth-order valence-electron chi connectivity index (χ4n) is 5.15. The lowest BCUT2D eigenvalue weighted by atomic mass is 9.50. The van der Waals surface area contributed by atoms with Crippen molar-refractivity contribution in [2.24, 2.45) is 23.2 Å². The van der Waals surface area contributed by atoms with Crippen LogP contribution in [0.3, 0.4) is 0 Å². The topological polar surface area (TPSA) is 57.5 Å². The Balaban J connectivity index is 0.000000148. The van der Waals surface area contributed by atoms with E-state index in [2.05, 4.69) is 20.1 Å². The molecular formula is C23H32O3. The minimum Gasteiger partial charge on any atom is -0.508 e. The van der Waals surface area contributed by atoms with Gasteiger partial charge >= 0.3 is 5.97 Å². The number of phenolic OH excluding ortho intramolecular Hbond substituents is 1. The van der Waals surface area contributed by atoms with Crippen molar-refractivity contribution in [3.05, 3.63) is 48.6 Å². The number of carboxylic acid groups (broad SMARTS) is 1. The molecule has 4 bridgehead atoms. The molecule has 0 spiro atoms. The molecule has 2 N–H and O–H groups in total. The molecular weight excluding hydrogens is 324 g/mol. The molecule has 26 heavy (non-hydrogen) atoms. The summed E-state index contributed by atoms with van der Waals surface area (Å²) in [7, 11) is 0. The molecule has 3 nitrogen and oxygen atoms in total. The van der Waals surface area contributed by atoms with E-state index in [-0.39, 0.29) is 5.57 Å². The third-order valence-electron chi connectivity index (χ3n) is 5.84. The van der Waals surface area contributed by atoms with Gasteiger partial charge in [0.1, 0.15) is 5.75 Å². The highest BCUT2D eigenvalue weighted by Crippen LogP contribution is 2.59. The molecule has 0 radical (unpaired) electrons. The van der Waals surface area contributed by atoms with Crippen molar-refractivity contribution in [3.63, 3.8) is 0 Å². The zero-order chi connectivity index (χ0) is 19.3. The zero-order valence-electron chi connectivity index (χ0n) is 16.1. The first-order valence-electron chi connectivity index (χ1n) is 9.51. The van der Waals surface area contributed by atoms with Gasteiger partial charge < -0.3 is 10.2 Å². The summed E-state index contributed by atoms with van der Waals surface area (Å²) in [6.07, 6.45) is 11.2. The summed E-state index contributed by atoms with van der Waals surface area (Å²) < 4.78 is 0. The van der Waals surface area contributed by atoms with Crippen molar-refractivity contribution in [3.8, 4) is 5.75 Å². The van der Waals surface area contributed by atoms with Gasteiger partial charge in [0.2, 0.25) is 0 Å². The maximum absolute atomic E-state index is 9.60. The predicted molar refractivity (Wildman–Crippen MR) is 107 cm³/mol. The van der Waals surface area contributed by atoms with E-state index in [1.165, 1.54) is 6.92 Å². The van der Waals surface area contributed by atoms with Gasteiger partial charge in [-0.3, -0.25) is 0 Å². The van der Waals surface area contributed by atoms with E-state index in [0.717, 1.165) is 28.7 Å². The second kappa shape index (κ2) is 8.57. The summed E-state index contributed by atoms with van der Waals surface area (Å²) in [5.74, 6) is 2.79. The Morgan fingerprint density at radius 2 is 1.46 bits per heavy atom. The monoisotopic (exact) mass is 356 g/mol. The van der Waals surface area contributed by atoms with Gasteiger partial charge in [0, 0.05) is 5.57 Å². The van der Waals surface area contributed by atoms with Gasteiger partial charge in [-0.05, 0) is 86.3 Å². The van der Waals surface area contributed by atoms with Gasteiger partial charge in [0.25, 0.3) is 0 Å². The van der Waals surface area contributed by atoms with Gasteiger partial charge in [0.05, 0.1) is 0 Å². The van der Waals surface area contributed by atoms with E-state index in [9.17, 15) is 4.79 Å². The minimum absolute atomic E-state index is 0.176. The molecule has 3 heteroatoms. The summed E-state index contributed by atoms with van der Waals surface area (Å²) >= 11 is 0. The Hall–Kier alpha value is -2.03. The minimum atomic E-state index is -0.935. The molecule has 142 valence electrons. The summed E-state index contributed by atoms with van der Waals surface area (Å²) in [4.78, 5) is 9.60. The Labute approximate surface area is 157 Å². The van der Waals surface area contributed by atoms with Gasteiger partial charge in [-0.15, -0.1) is 0 Å². The highest BCUT2D eigenvalue weighted by Gasteiger charge is 2.48. The molecule has 0 aliphatic heterocycles.